The lowest BCUT2D eigenvalue weighted by Crippen LogP contribution is -2.38. The van der Waals surface area contributed by atoms with Crippen molar-refractivity contribution in [2.24, 2.45) is 5.41 Å². The van der Waals surface area contributed by atoms with Crippen LogP contribution >= 0.6 is 0 Å². The second kappa shape index (κ2) is 7.25. The predicted molar refractivity (Wildman–Crippen MR) is 76.0 cm³/mol. The molecule has 0 radical (unpaired) electrons. The molecule has 0 unspecified atom stereocenters. The van der Waals surface area contributed by atoms with Gasteiger partial charge in [0.05, 0.1) is 6.10 Å². The number of carbonyl (C=O) groups excluding carboxylic acids is 1. The third-order valence-electron chi connectivity index (χ3n) is 4.50. The summed E-state index contributed by atoms with van der Waals surface area (Å²) in [5, 5.41) is 6.40. The SMILES string of the molecule is CC1(C(=O)NCCCOC2CCNCC2)CCCC1. The molecule has 4 nitrogen and oxygen atoms in total. The zero-order valence-electron chi connectivity index (χ0n) is 12.2. The second-order valence-corrected chi connectivity index (χ2v) is 6.20. The molecule has 1 amide bonds. The van der Waals surface area contributed by atoms with Crippen molar-refractivity contribution in [2.75, 3.05) is 26.2 Å². The monoisotopic (exact) mass is 268 g/mol. The zero-order chi connectivity index (χ0) is 13.6. The number of hydrogen-bond donors (Lipinski definition) is 2. The Hall–Kier alpha value is -0.610. The van der Waals surface area contributed by atoms with Crippen LogP contribution in [0, 0.1) is 5.41 Å². The maximum absolute atomic E-state index is 12.1. The van der Waals surface area contributed by atoms with E-state index in [4.69, 9.17) is 4.74 Å². The Morgan fingerprint density at radius 1 is 1.32 bits per heavy atom. The average Bonchev–Trinajstić information content (AvgIpc) is 2.88. The number of hydrogen-bond acceptors (Lipinski definition) is 3. The Labute approximate surface area is 116 Å². The van der Waals surface area contributed by atoms with Crippen LogP contribution in [0.5, 0.6) is 0 Å². The smallest absolute Gasteiger partial charge is 0.225 e. The van der Waals surface area contributed by atoms with Crippen LogP contribution in [0.4, 0.5) is 0 Å². The molecule has 2 fully saturated rings. The van der Waals surface area contributed by atoms with Crippen molar-refractivity contribution in [3.05, 3.63) is 0 Å². The van der Waals surface area contributed by atoms with E-state index in [0.717, 1.165) is 58.3 Å². The lowest BCUT2D eigenvalue weighted by molar-refractivity contribution is -0.129. The summed E-state index contributed by atoms with van der Waals surface area (Å²) in [6.07, 6.45) is 8.06. The molecule has 1 heterocycles. The molecule has 2 N–H and O–H groups in total. The highest BCUT2D eigenvalue weighted by Gasteiger charge is 2.35. The molecule has 19 heavy (non-hydrogen) atoms. The van der Waals surface area contributed by atoms with E-state index in [2.05, 4.69) is 17.6 Å². The topological polar surface area (TPSA) is 50.4 Å². The first-order valence-electron chi connectivity index (χ1n) is 7.81. The van der Waals surface area contributed by atoms with Crippen LogP contribution in [0.15, 0.2) is 0 Å². The molecular weight excluding hydrogens is 240 g/mol. The number of amides is 1. The highest BCUT2D eigenvalue weighted by Crippen LogP contribution is 2.37. The van der Waals surface area contributed by atoms with Gasteiger partial charge < -0.3 is 15.4 Å². The van der Waals surface area contributed by atoms with Gasteiger partial charge >= 0.3 is 0 Å². The van der Waals surface area contributed by atoms with Gasteiger partial charge in [-0.3, -0.25) is 4.79 Å². The van der Waals surface area contributed by atoms with Crippen LogP contribution < -0.4 is 10.6 Å². The van der Waals surface area contributed by atoms with Gasteiger partial charge in [-0.1, -0.05) is 19.8 Å². The highest BCUT2D eigenvalue weighted by atomic mass is 16.5. The Balaban J connectivity index is 1.52. The fourth-order valence-electron chi connectivity index (χ4n) is 3.08. The summed E-state index contributed by atoms with van der Waals surface area (Å²) < 4.78 is 5.82. The van der Waals surface area contributed by atoms with Gasteiger partial charge in [0.2, 0.25) is 5.91 Å². The van der Waals surface area contributed by atoms with Crippen molar-refractivity contribution in [1.29, 1.82) is 0 Å². The molecule has 0 spiro atoms. The molecule has 4 heteroatoms. The van der Waals surface area contributed by atoms with E-state index >= 15 is 0 Å². The highest BCUT2D eigenvalue weighted by molar-refractivity contribution is 5.82. The molecule has 110 valence electrons. The molecule has 0 aromatic rings. The van der Waals surface area contributed by atoms with Gasteiger partial charge in [0.15, 0.2) is 0 Å². The Morgan fingerprint density at radius 2 is 2.00 bits per heavy atom. The van der Waals surface area contributed by atoms with Crippen LogP contribution in [-0.2, 0) is 9.53 Å². The average molecular weight is 268 g/mol. The minimum Gasteiger partial charge on any atom is -0.378 e. The minimum absolute atomic E-state index is 0.101. The summed E-state index contributed by atoms with van der Waals surface area (Å²) in [4.78, 5) is 12.1. The Bertz CT molecular complexity index is 282. The van der Waals surface area contributed by atoms with Crippen LogP contribution in [0.25, 0.3) is 0 Å². The van der Waals surface area contributed by atoms with E-state index in [1.807, 2.05) is 0 Å². The fraction of sp³-hybridized carbons (Fsp3) is 0.933. The molecule has 0 aromatic carbocycles. The summed E-state index contributed by atoms with van der Waals surface area (Å²) in [5.74, 6) is 0.242. The quantitative estimate of drug-likeness (QED) is 0.723. The van der Waals surface area contributed by atoms with Gasteiger partial charge in [0, 0.05) is 18.6 Å². The van der Waals surface area contributed by atoms with Crippen LogP contribution in [0.3, 0.4) is 0 Å². The lowest BCUT2D eigenvalue weighted by atomic mass is 9.88. The fourth-order valence-corrected chi connectivity index (χ4v) is 3.08. The van der Waals surface area contributed by atoms with Crippen LogP contribution in [0.2, 0.25) is 0 Å². The molecule has 2 aliphatic rings. The predicted octanol–water partition coefficient (Wildman–Crippen LogP) is 1.84. The van der Waals surface area contributed by atoms with E-state index in [1.54, 1.807) is 0 Å². The molecule has 0 atom stereocenters. The van der Waals surface area contributed by atoms with Gasteiger partial charge in [-0.2, -0.15) is 0 Å². The van der Waals surface area contributed by atoms with E-state index in [9.17, 15) is 4.79 Å². The molecule has 1 aliphatic heterocycles. The maximum atomic E-state index is 12.1. The number of ether oxygens (including phenoxy) is 1. The van der Waals surface area contributed by atoms with Crippen molar-refractivity contribution in [3.63, 3.8) is 0 Å². The number of rotatable bonds is 6. The normalized spacial score (nSPS) is 23.4. The van der Waals surface area contributed by atoms with Gasteiger partial charge in [0.25, 0.3) is 0 Å². The second-order valence-electron chi connectivity index (χ2n) is 6.20. The van der Waals surface area contributed by atoms with E-state index in [1.165, 1.54) is 12.8 Å². The summed E-state index contributed by atoms with van der Waals surface area (Å²) in [6, 6.07) is 0. The molecule has 1 saturated heterocycles. The van der Waals surface area contributed by atoms with Crippen molar-refractivity contribution in [1.82, 2.24) is 10.6 Å². The molecule has 0 aromatic heterocycles. The molecule has 0 bridgehead atoms. The summed E-state index contributed by atoms with van der Waals surface area (Å²) >= 11 is 0. The van der Waals surface area contributed by atoms with Gasteiger partial charge in [-0.25, -0.2) is 0 Å². The van der Waals surface area contributed by atoms with Gasteiger partial charge in [0.1, 0.15) is 0 Å². The third kappa shape index (κ3) is 4.46. The maximum Gasteiger partial charge on any atom is 0.225 e. The zero-order valence-corrected chi connectivity index (χ0v) is 12.2. The summed E-state index contributed by atoms with van der Waals surface area (Å²) in [6.45, 7) is 5.75. The minimum atomic E-state index is -0.101. The number of piperidine rings is 1. The number of nitrogens with one attached hydrogen (secondary N) is 2. The molecule has 2 rings (SSSR count). The van der Waals surface area contributed by atoms with Crippen LogP contribution in [0.1, 0.15) is 51.9 Å². The third-order valence-corrected chi connectivity index (χ3v) is 4.50. The van der Waals surface area contributed by atoms with E-state index in [-0.39, 0.29) is 11.3 Å². The van der Waals surface area contributed by atoms with Crippen LogP contribution in [-0.4, -0.2) is 38.3 Å². The Morgan fingerprint density at radius 3 is 2.68 bits per heavy atom. The van der Waals surface area contributed by atoms with Crippen molar-refractivity contribution >= 4 is 5.91 Å². The standard InChI is InChI=1S/C15H28N2O2/c1-15(7-2-3-8-15)14(18)17-9-4-12-19-13-5-10-16-11-6-13/h13,16H,2-12H2,1H3,(H,17,18). The first kappa shape index (κ1) is 14.8. The van der Waals surface area contributed by atoms with E-state index in [0.29, 0.717) is 6.10 Å². The van der Waals surface area contributed by atoms with Gasteiger partial charge in [-0.15, -0.1) is 0 Å². The molecular formula is C15H28N2O2. The van der Waals surface area contributed by atoms with Crippen molar-refractivity contribution < 1.29 is 9.53 Å². The van der Waals surface area contributed by atoms with E-state index < -0.39 is 0 Å². The lowest BCUT2D eigenvalue weighted by Gasteiger charge is -2.24. The number of carbonyl (C=O) groups is 1. The first-order valence-corrected chi connectivity index (χ1v) is 7.81. The molecule has 1 aliphatic carbocycles. The molecule has 1 saturated carbocycles. The van der Waals surface area contributed by atoms with Gasteiger partial charge in [-0.05, 0) is 45.2 Å². The Kier molecular flexibility index (Phi) is 5.64. The van der Waals surface area contributed by atoms with Crippen molar-refractivity contribution in [2.45, 2.75) is 58.0 Å². The summed E-state index contributed by atoms with van der Waals surface area (Å²) in [5.41, 5.74) is -0.101. The first-order chi connectivity index (χ1) is 9.21. The largest absolute Gasteiger partial charge is 0.378 e. The summed E-state index contributed by atoms with van der Waals surface area (Å²) in [7, 11) is 0. The van der Waals surface area contributed by atoms with Crippen molar-refractivity contribution in [3.8, 4) is 0 Å².